The molecular formula is C14H22O4. The number of aliphatic hydroxyl groups is 1. The van der Waals surface area contributed by atoms with Crippen molar-refractivity contribution in [3.05, 3.63) is 28.3 Å². The molecule has 1 heterocycles. The minimum atomic E-state index is -0.274. The van der Waals surface area contributed by atoms with E-state index in [0.29, 0.717) is 12.5 Å². The summed E-state index contributed by atoms with van der Waals surface area (Å²) in [4.78, 5) is 11.6. The Bertz CT molecular complexity index is 397. The first-order valence-electron chi connectivity index (χ1n) is 6.56. The fourth-order valence-corrected chi connectivity index (χ4v) is 1.73. The van der Waals surface area contributed by atoms with Gasteiger partial charge in [0, 0.05) is 6.07 Å². The lowest BCUT2D eigenvalue weighted by atomic mass is 10.0. The number of hydrogen-bond donors (Lipinski definition) is 1. The molecule has 1 rings (SSSR count). The summed E-state index contributed by atoms with van der Waals surface area (Å²) in [5.74, 6) is 0.953. The predicted octanol–water partition coefficient (Wildman–Crippen LogP) is 2.73. The molecule has 0 saturated heterocycles. The summed E-state index contributed by atoms with van der Waals surface area (Å²) >= 11 is 0. The zero-order valence-corrected chi connectivity index (χ0v) is 11.1. The first kappa shape index (κ1) is 14.8. The Balaban J connectivity index is 2.54. The molecule has 1 aromatic rings. The molecule has 0 aliphatic carbocycles. The van der Waals surface area contributed by atoms with Crippen LogP contribution in [0.2, 0.25) is 0 Å². The normalized spacial score (nSPS) is 12.4. The number of ether oxygens (including phenoxy) is 1. The van der Waals surface area contributed by atoms with Crippen molar-refractivity contribution in [3.8, 4) is 5.75 Å². The average Bonchev–Trinajstić information content (AvgIpc) is 2.40. The first-order chi connectivity index (χ1) is 8.71. The van der Waals surface area contributed by atoms with Crippen molar-refractivity contribution in [2.45, 2.75) is 46.1 Å². The quantitative estimate of drug-likeness (QED) is 0.775. The van der Waals surface area contributed by atoms with E-state index in [1.165, 1.54) is 25.2 Å². The van der Waals surface area contributed by atoms with Crippen LogP contribution in [0.3, 0.4) is 0 Å². The molecule has 0 amide bonds. The Morgan fingerprint density at radius 2 is 2.22 bits per heavy atom. The van der Waals surface area contributed by atoms with Gasteiger partial charge in [-0.1, -0.05) is 33.1 Å². The Morgan fingerprint density at radius 1 is 1.44 bits per heavy atom. The van der Waals surface area contributed by atoms with Crippen molar-refractivity contribution in [1.82, 2.24) is 0 Å². The summed E-state index contributed by atoms with van der Waals surface area (Å²) < 4.78 is 10.6. The van der Waals surface area contributed by atoms with Gasteiger partial charge in [-0.05, 0) is 12.3 Å². The highest BCUT2D eigenvalue weighted by Gasteiger charge is 2.09. The maximum Gasteiger partial charge on any atom is 0.227 e. The molecule has 0 aromatic carbocycles. The van der Waals surface area contributed by atoms with Crippen molar-refractivity contribution >= 4 is 0 Å². The molecule has 4 heteroatoms. The number of unbranched alkanes of at least 4 members (excludes halogenated alkanes) is 1. The van der Waals surface area contributed by atoms with Crippen LogP contribution < -0.4 is 10.2 Å². The summed E-state index contributed by atoms with van der Waals surface area (Å²) in [7, 11) is 0. The molecule has 18 heavy (non-hydrogen) atoms. The molecule has 0 spiro atoms. The lowest BCUT2D eigenvalue weighted by molar-refractivity contribution is 0.216. The standard InChI is InChI=1S/C14H22O4/c1-3-5-6-11(4-2)9-18-14-10-17-12(8-15)7-13(14)16/h7,10-11,15H,3-6,8-9H2,1-2H3. The van der Waals surface area contributed by atoms with Crippen molar-refractivity contribution in [3.63, 3.8) is 0 Å². The molecular weight excluding hydrogens is 232 g/mol. The van der Waals surface area contributed by atoms with Crippen LogP contribution in [0.4, 0.5) is 0 Å². The van der Waals surface area contributed by atoms with Crippen molar-refractivity contribution in [2.24, 2.45) is 5.92 Å². The third kappa shape index (κ3) is 4.53. The molecule has 0 radical (unpaired) electrons. The molecule has 1 aromatic heterocycles. The van der Waals surface area contributed by atoms with E-state index in [2.05, 4.69) is 13.8 Å². The van der Waals surface area contributed by atoms with E-state index in [0.717, 1.165) is 12.8 Å². The maximum absolute atomic E-state index is 11.6. The van der Waals surface area contributed by atoms with Crippen molar-refractivity contribution in [1.29, 1.82) is 0 Å². The van der Waals surface area contributed by atoms with Crippen LogP contribution in [0, 0.1) is 5.92 Å². The second-order valence-electron chi connectivity index (χ2n) is 4.46. The zero-order valence-electron chi connectivity index (χ0n) is 11.1. The van der Waals surface area contributed by atoms with Gasteiger partial charge in [0.1, 0.15) is 18.6 Å². The maximum atomic E-state index is 11.6. The molecule has 1 N–H and O–H groups in total. The van der Waals surface area contributed by atoms with Gasteiger partial charge in [0.15, 0.2) is 0 Å². The second kappa shape index (κ2) is 7.93. The lowest BCUT2D eigenvalue weighted by Crippen LogP contribution is -2.15. The van der Waals surface area contributed by atoms with Gasteiger partial charge < -0.3 is 14.3 Å². The summed E-state index contributed by atoms with van der Waals surface area (Å²) in [6, 6.07) is 1.27. The minimum absolute atomic E-state index is 0.224. The van der Waals surface area contributed by atoms with Gasteiger partial charge in [-0.15, -0.1) is 0 Å². The van der Waals surface area contributed by atoms with Crippen molar-refractivity contribution < 1.29 is 14.3 Å². The molecule has 1 atom stereocenters. The molecule has 1 unspecified atom stereocenters. The predicted molar refractivity (Wildman–Crippen MR) is 69.7 cm³/mol. The van der Waals surface area contributed by atoms with Crippen LogP contribution in [-0.4, -0.2) is 11.7 Å². The Hall–Kier alpha value is -1.29. The van der Waals surface area contributed by atoms with E-state index in [1.807, 2.05) is 0 Å². The lowest BCUT2D eigenvalue weighted by Gasteiger charge is -2.14. The van der Waals surface area contributed by atoms with Crippen molar-refractivity contribution in [2.75, 3.05) is 6.61 Å². The largest absolute Gasteiger partial charge is 0.486 e. The first-order valence-corrected chi connectivity index (χ1v) is 6.56. The summed E-state index contributed by atoms with van der Waals surface area (Å²) in [6.07, 6.45) is 5.79. The summed E-state index contributed by atoms with van der Waals surface area (Å²) in [6.45, 7) is 4.56. The van der Waals surface area contributed by atoms with Gasteiger partial charge in [0.2, 0.25) is 11.2 Å². The van der Waals surface area contributed by atoms with Gasteiger partial charge in [0.05, 0.1) is 6.61 Å². The van der Waals surface area contributed by atoms with E-state index in [4.69, 9.17) is 14.3 Å². The van der Waals surface area contributed by atoms with E-state index >= 15 is 0 Å². The van der Waals surface area contributed by atoms with Crippen LogP contribution in [0.15, 0.2) is 21.5 Å². The fraction of sp³-hybridized carbons (Fsp3) is 0.643. The summed E-state index contributed by atoms with van der Waals surface area (Å²) in [5, 5.41) is 8.83. The van der Waals surface area contributed by atoms with E-state index < -0.39 is 0 Å². The van der Waals surface area contributed by atoms with Gasteiger partial charge in [-0.25, -0.2) is 0 Å². The highest BCUT2D eigenvalue weighted by molar-refractivity contribution is 5.17. The summed E-state index contributed by atoms with van der Waals surface area (Å²) in [5.41, 5.74) is -0.240. The molecule has 0 bridgehead atoms. The van der Waals surface area contributed by atoms with E-state index in [-0.39, 0.29) is 23.5 Å². The molecule has 0 fully saturated rings. The average molecular weight is 254 g/mol. The molecule has 102 valence electrons. The van der Waals surface area contributed by atoms with Crippen LogP contribution >= 0.6 is 0 Å². The molecule has 0 saturated carbocycles. The van der Waals surface area contributed by atoms with Crippen LogP contribution in [0.1, 0.15) is 45.3 Å². The van der Waals surface area contributed by atoms with E-state index in [1.54, 1.807) is 0 Å². The molecule has 0 aliphatic heterocycles. The van der Waals surface area contributed by atoms with Gasteiger partial charge >= 0.3 is 0 Å². The number of aliphatic hydroxyl groups excluding tert-OH is 1. The monoisotopic (exact) mass is 254 g/mol. The van der Waals surface area contributed by atoms with Gasteiger partial charge in [-0.2, -0.15) is 0 Å². The van der Waals surface area contributed by atoms with E-state index in [9.17, 15) is 4.79 Å². The van der Waals surface area contributed by atoms with Crippen LogP contribution in [0.25, 0.3) is 0 Å². The minimum Gasteiger partial charge on any atom is -0.486 e. The number of rotatable bonds is 8. The number of hydrogen-bond acceptors (Lipinski definition) is 4. The Kier molecular flexibility index (Phi) is 6.50. The van der Waals surface area contributed by atoms with Crippen LogP contribution in [0.5, 0.6) is 5.75 Å². The highest BCUT2D eigenvalue weighted by atomic mass is 16.5. The SMILES string of the molecule is CCCCC(CC)COc1coc(CO)cc1=O. The zero-order chi connectivity index (χ0) is 13.4. The Labute approximate surface area is 108 Å². The van der Waals surface area contributed by atoms with Crippen LogP contribution in [-0.2, 0) is 6.61 Å². The second-order valence-corrected chi connectivity index (χ2v) is 4.46. The Morgan fingerprint density at radius 3 is 2.78 bits per heavy atom. The molecule has 0 aliphatic rings. The highest BCUT2D eigenvalue weighted by Crippen LogP contribution is 2.14. The third-order valence-corrected chi connectivity index (χ3v) is 3.03. The fourth-order valence-electron chi connectivity index (χ4n) is 1.73. The van der Waals surface area contributed by atoms with Gasteiger partial charge in [-0.3, -0.25) is 4.79 Å². The topological polar surface area (TPSA) is 59.7 Å². The smallest absolute Gasteiger partial charge is 0.227 e. The molecule has 4 nitrogen and oxygen atoms in total. The third-order valence-electron chi connectivity index (χ3n) is 3.03. The van der Waals surface area contributed by atoms with Gasteiger partial charge in [0.25, 0.3) is 0 Å².